The predicted molar refractivity (Wildman–Crippen MR) is 69.6 cm³/mol. The van der Waals surface area contributed by atoms with Gasteiger partial charge in [0.15, 0.2) is 6.10 Å². The van der Waals surface area contributed by atoms with E-state index in [0.717, 1.165) is 6.07 Å². The Labute approximate surface area is 119 Å². The average molecular weight is 302 g/mol. The number of nitro groups is 1. The molecule has 20 heavy (non-hydrogen) atoms. The maximum Gasteiger partial charge on any atom is 0.347 e. The molecule has 0 unspecified atom stereocenters. The Hall–Kier alpha value is -2.15. The lowest BCUT2D eigenvalue weighted by Gasteiger charge is -2.11. The molecule has 108 valence electrons. The van der Waals surface area contributed by atoms with Crippen molar-refractivity contribution in [1.82, 2.24) is 0 Å². The highest BCUT2D eigenvalue weighted by Crippen LogP contribution is 2.25. The molecule has 0 aromatic heterocycles. The van der Waals surface area contributed by atoms with Crippen LogP contribution in [-0.2, 0) is 14.3 Å². The van der Waals surface area contributed by atoms with E-state index in [1.807, 2.05) is 0 Å². The molecule has 0 heterocycles. The quantitative estimate of drug-likeness (QED) is 0.470. The summed E-state index contributed by atoms with van der Waals surface area (Å²) in [6.45, 7) is 3.13. The Morgan fingerprint density at radius 2 is 2.10 bits per heavy atom. The van der Waals surface area contributed by atoms with Gasteiger partial charge in [0.1, 0.15) is 5.02 Å². The van der Waals surface area contributed by atoms with Gasteiger partial charge in [0.05, 0.1) is 17.1 Å². The number of carbonyl (C=O) groups excluding carboxylic acids is 2. The number of hydrogen-bond acceptors (Lipinski definition) is 6. The van der Waals surface area contributed by atoms with Gasteiger partial charge in [-0.1, -0.05) is 11.6 Å². The second-order valence-corrected chi connectivity index (χ2v) is 4.13. The standard InChI is InChI=1S/C12H12ClNO6/c1-3-19-11(15)7(2)20-12(16)8-4-5-9(13)10(6-8)14(17)18/h4-7H,3H2,1-2H3/t7-/m0/s1. The maximum absolute atomic E-state index is 11.8. The Balaban J connectivity index is 2.85. The molecule has 0 amide bonds. The molecular formula is C12H12ClNO6. The zero-order valence-corrected chi connectivity index (χ0v) is 11.5. The maximum atomic E-state index is 11.8. The molecule has 1 atom stereocenters. The summed E-state index contributed by atoms with van der Waals surface area (Å²) in [5, 5.41) is 10.6. The number of esters is 2. The molecule has 0 saturated carbocycles. The first kappa shape index (κ1) is 15.9. The van der Waals surface area contributed by atoms with Crippen LogP contribution in [0.1, 0.15) is 24.2 Å². The SMILES string of the molecule is CCOC(=O)[C@H](C)OC(=O)c1ccc(Cl)c([N+](=O)[O-])c1. The van der Waals surface area contributed by atoms with Gasteiger partial charge < -0.3 is 9.47 Å². The molecule has 0 aliphatic carbocycles. The summed E-state index contributed by atoms with van der Waals surface area (Å²) in [6.07, 6.45) is -1.10. The molecular weight excluding hydrogens is 290 g/mol. The number of nitro benzene ring substituents is 1. The van der Waals surface area contributed by atoms with Crippen LogP contribution in [0, 0.1) is 10.1 Å². The smallest absolute Gasteiger partial charge is 0.347 e. The molecule has 0 radical (unpaired) electrons. The van der Waals surface area contributed by atoms with Crippen molar-refractivity contribution in [3.05, 3.63) is 38.9 Å². The number of hydrogen-bond donors (Lipinski definition) is 0. The largest absolute Gasteiger partial charge is 0.463 e. The zero-order chi connectivity index (χ0) is 15.3. The van der Waals surface area contributed by atoms with Gasteiger partial charge in [-0.15, -0.1) is 0 Å². The van der Waals surface area contributed by atoms with Gasteiger partial charge in [-0.25, -0.2) is 9.59 Å². The Morgan fingerprint density at radius 1 is 1.45 bits per heavy atom. The molecule has 1 aromatic rings. The van der Waals surface area contributed by atoms with Crippen LogP contribution in [0.2, 0.25) is 5.02 Å². The van der Waals surface area contributed by atoms with Crippen LogP contribution < -0.4 is 0 Å². The molecule has 1 aromatic carbocycles. The number of benzene rings is 1. The highest BCUT2D eigenvalue weighted by atomic mass is 35.5. The summed E-state index contributed by atoms with van der Waals surface area (Å²) in [5.74, 6) is -1.56. The first-order valence-electron chi connectivity index (χ1n) is 5.68. The molecule has 7 nitrogen and oxygen atoms in total. The van der Waals surface area contributed by atoms with Gasteiger partial charge in [0.25, 0.3) is 5.69 Å². The fraction of sp³-hybridized carbons (Fsp3) is 0.333. The summed E-state index contributed by atoms with van der Waals surface area (Å²) in [5.41, 5.74) is -0.484. The van der Waals surface area contributed by atoms with E-state index in [1.54, 1.807) is 6.92 Å². The first-order valence-corrected chi connectivity index (χ1v) is 6.06. The normalized spacial score (nSPS) is 11.6. The van der Waals surface area contributed by atoms with E-state index in [1.165, 1.54) is 19.1 Å². The van der Waals surface area contributed by atoms with Crippen LogP contribution in [0.25, 0.3) is 0 Å². The fourth-order valence-corrected chi connectivity index (χ4v) is 1.50. The summed E-state index contributed by atoms with van der Waals surface area (Å²) >= 11 is 5.63. The van der Waals surface area contributed by atoms with Crippen molar-refractivity contribution in [3.63, 3.8) is 0 Å². The Bertz CT molecular complexity index is 545. The second kappa shape index (κ2) is 6.85. The van der Waals surface area contributed by atoms with E-state index < -0.39 is 28.7 Å². The van der Waals surface area contributed by atoms with E-state index >= 15 is 0 Å². The zero-order valence-electron chi connectivity index (χ0n) is 10.8. The topological polar surface area (TPSA) is 95.7 Å². The molecule has 0 fully saturated rings. The third-order valence-electron chi connectivity index (χ3n) is 2.28. The first-order chi connectivity index (χ1) is 9.36. The molecule has 0 N–H and O–H groups in total. The van der Waals surface area contributed by atoms with Crippen LogP contribution in [0.3, 0.4) is 0 Å². The van der Waals surface area contributed by atoms with Crippen molar-refractivity contribution in [3.8, 4) is 0 Å². The van der Waals surface area contributed by atoms with Crippen molar-refractivity contribution >= 4 is 29.2 Å². The van der Waals surface area contributed by atoms with E-state index in [9.17, 15) is 19.7 Å². The summed E-state index contributed by atoms with van der Waals surface area (Å²) < 4.78 is 9.52. The molecule has 0 aliphatic rings. The summed E-state index contributed by atoms with van der Waals surface area (Å²) in [4.78, 5) is 33.1. The lowest BCUT2D eigenvalue weighted by Crippen LogP contribution is -2.26. The highest BCUT2D eigenvalue weighted by Gasteiger charge is 2.22. The van der Waals surface area contributed by atoms with Crippen LogP contribution in [-0.4, -0.2) is 29.6 Å². The van der Waals surface area contributed by atoms with E-state index in [-0.39, 0.29) is 17.2 Å². The van der Waals surface area contributed by atoms with Crippen molar-refractivity contribution in [2.24, 2.45) is 0 Å². The van der Waals surface area contributed by atoms with Crippen LogP contribution in [0.4, 0.5) is 5.69 Å². The molecule has 1 rings (SSSR count). The number of nitrogens with zero attached hydrogens (tertiary/aromatic N) is 1. The van der Waals surface area contributed by atoms with Gasteiger partial charge >= 0.3 is 11.9 Å². The molecule has 0 aliphatic heterocycles. The van der Waals surface area contributed by atoms with Crippen LogP contribution >= 0.6 is 11.6 Å². The number of halogens is 1. The molecule has 0 saturated heterocycles. The minimum absolute atomic E-state index is 0.0720. The minimum atomic E-state index is -1.10. The van der Waals surface area contributed by atoms with Gasteiger partial charge in [0.2, 0.25) is 0 Å². The summed E-state index contributed by atoms with van der Waals surface area (Å²) in [6, 6.07) is 3.48. The van der Waals surface area contributed by atoms with Crippen molar-refractivity contribution < 1.29 is 24.0 Å². The van der Waals surface area contributed by atoms with Crippen molar-refractivity contribution in [1.29, 1.82) is 0 Å². The number of rotatable bonds is 5. The van der Waals surface area contributed by atoms with Crippen molar-refractivity contribution in [2.75, 3.05) is 6.61 Å². The minimum Gasteiger partial charge on any atom is -0.463 e. The average Bonchev–Trinajstić information content (AvgIpc) is 2.38. The molecule has 8 heteroatoms. The van der Waals surface area contributed by atoms with Crippen LogP contribution in [0.5, 0.6) is 0 Å². The monoisotopic (exact) mass is 301 g/mol. The van der Waals surface area contributed by atoms with E-state index in [0.29, 0.717) is 0 Å². The van der Waals surface area contributed by atoms with Crippen molar-refractivity contribution in [2.45, 2.75) is 20.0 Å². The third-order valence-corrected chi connectivity index (χ3v) is 2.60. The molecule has 0 spiro atoms. The van der Waals surface area contributed by atoms with E-state index in [2.05, 4.69) is 4.74 Å². The number of carbonyl (C=O) groups is 2. The predicted octanol–water partition coefficient (Wildman–Crippen LogP) is 2.36. The van der Waals surface area contributed by atoms with Gasteiger partial charge in [-0.05, 0) is 26.0 Å². The van der Waals surface area contributed by atoms with E-state index in [4.69, 9.17) is 16.3 Å². The fourth-order valence-electron chi connectivity index (χ4n) is 1.32. The third kappa shape index (κ3) is 3.92. The lowest BCUT2D eigenvalue weighted by atomic mass is 10.2. The summed E-state index contributed by atoms with van der Waals surface area (Å²) in [7, 11) is 0. The van der Waals surface area contributed by atoms with Crippen LogP contribution in [0.15, 0.2) is 18.2 Å². The highest BCUT2D eigenvalue weighted by molar-refractivity contribution is 6.32. The second-order valence-electron chi connectivity index (χ2n) is 3.72. The van der Waals surface area contributed by atoms with Gasteiger partial charge in [-0.2, -0.15) is 0 Å². The van der Waals surface area contributed by atoms with Gasteiger partial charge in [0, 0.05) is 6.07 Å². The Kier molecular flexibility index (Phi) is 5.45. The lowest BCUT2D eigenvalue weighted by molar-refractivity contribution is -0.384. The molecule has 0 bridgehead atoms. The van der Waals surface area contributed by atoms with Gasteiger partial charge in [-0.3, -0.25) is 10.1 Å². The Morgan fingerprint density at radius 3 is 2.65 bits per heavy atom. The number of ether oxygens (including phenoxy) is 2.